The lowest BCUT2D eigenvalue weighted by Crippen LogP contribution is -1.87. The molecule has 0 aliphatic rings. The summed E-state index contributed by atoms with van der Waals surface area (Å²) in [6.07, 6.45) is 3.47. The second-order valence-corrected chi connectivity index (χ2v) is 2.43. The average molecular weight is 162 g/mol. The Morgan fingerprint density at radius 2 is 2.00 bits per heavy atom. The molecule has 0 spiro atoms. The predicted molar refractivity (Wildman–Crippen MR) is 46.9 cm³/mol. The monoisotopic (exact) mass is 162 g/mol. The van der Waals surface area contributed by atoms with Crippen molar-refractivity contribution >= 4 is 5.97 Å². The molecule has 0 atom stereocenters. The SMILES string of the molecule is O=C(O)/C=C\Cc1ccccc1. The van der Waals surface area contributed by atoms with E-state index in [0.29, 0.717) is 6.42 Å². The number of hydrogen-bond acceptors (Lipinski definition) is 1. The molecule has 0 radical (unpaired) electrons. The van der Waals surface area contributed by atoms with Crippen molar-refractivity contribution in [2.45, 2.75) is 6.42 Å². The van der Waals surface area contributed by atoms with Gasteiger partial charge in [0.2, 0.25) is 0 Å². The minimum Gasteiger partial charge on any atom is -0.478 e. The molecule has 0 heterocycles. The maximum atomic E-state index is 10.1. The minimum absolute atomic E-state index is 0.674. The van der Waals surface area contributed by atoms with Gasteiger partial charge in [-0.2, -0.15) is 0 Å². The van der Waals surface area contributed by atoms with E-state index in [2.05, 4.69) is 0 Å². The number of carbonyl (C=O) groups is 1. The Kier molecular flexibility index (Phi) is 3.08. The number of benzene rings is 1. The molecule has 1 aromatic carbocycles. The first-order valence-corrected chi connectivity index (χ1v) is 3.72. The summed E-state index contributed by atoms with van der Waals surface area (Å²) in [7, 11) is 0. The second-order valence-electron chi connectivity index (χ2n) is 2.43. The van der Waals surface area contributed by atoms with Crippen molar-refractivity contribution < 1.29 is 9.90 Å². The maximum absolute atomic E-state index is 10.1. The third-order valence-electron chi connectivity index (χ3n) is 1.46. The molecular formula is C10H10O2. The van der Waals surface area contributed by atoms with Gasteiger partial charge in [0.15, 0.2) is 0 Å². The lowest BCUT2D eigenvalue weighted by Gasteiger charge is -1.92. The predicted octanol–water partition coefficient (Wildman–Crippen LogP) is 1.87. The van der Waals surface area contributed by atoms with Crippen LogP contribution in [-0.2, 0) is 11.2 Å². The molecule has 62 valence electrons. The van der Waals surface area contributed by atoms with Gasteiger partial charge in [-0.1, -0.05) is 36.4 Å². The summed E-state index contributed by atoms with van der Waals surface area (Å²) < 4.78 is 0. The molecule has 0 unspecified atom stereocenters. The van der Waals surface area contributed by atoms with Crippen LogP contribution < -0.4 is 0 Å². The number of carboxylic acids is 1. The summed E-state index contributed by atoms with van der Waals surface area (Å²) in [6.45, 7) is 0. The van der Waals surface area contributed by atoms with Crippen LogP contribution in [0.2, 0.25) is 0 Å². The molecular weight excluding hydrogens is 152 g/mol. The summed E-state index contributed by atoms with van der Waals surface area (Å²) in [6, 6.07) is 9.73. The lowest BCUT2D eigenvalue weighted by molar-refractivity contribution is -0.131. The number of carboxylic acid groups (broad SMARTS) is 1. The molecule has 0 aliphatic heterocycles. The molecule has 0 saturated carbocycles. The van der Waals surface area contributed by atoms with Gasteiger partial charge in [-0.25, -0.2) is 4.79 Å². The van der Waals surface area contributed by atoms with Crippen molar-refractivity contribution in [2.75, 3.05) is 0 Å². The smallest absolute Gasteiger partial charge is 0.327 e. The molecule has 0 saturated heterocycles. The Morgan fingerprint density at radius 1 is 1.33 bits per heavy atom. The molecule has 1 aromatic rings. The molecule has 12 heavy (non-hydrogen) atoms. The van der Waals surface area contributed by atoms with Gasteiger partial charge in [0.05, 0.1) is 0 Å². The van der Waals surface area contributed by atoms with Gasteiger partial charge < -0.3 is 5.11 Å². The molecule has 2 heteroatoms. The van der Waals surface area contributed by atoms with E-state index in [9.17, 15) is 4.79 Å². The Morgan fingerprint density at radius 3 is 2.58 bits per heavy atom. The molecule has 1 N–H and O–H groups in total. The van der Waals surface area contributed by atoms with Crippen molar-refractivity contribution in [3.63, 3.8) is 0 Å². The fourth-order valence-corrected chi connectivity index (χ4v) is 0.910. The van der Waals surface area contributed by atoms with Crippen LogP contribution in [0.5, 0.6) is 0 Å². The Balaban J connectivity index is 2.49. The average Bonchev–Trinajstić information content (AvgIpc) is 2.05. The van der Waals surface area contributed by atoms with E-state index >= 15 is 0 Å². The number of rotatable bonds is 3. The first-order chi connectivity index (χ1) is 5.79. The first kappa shape index (κ1) is 8.53. The van der Waals surface area contributed by atoms with Crippen molar-refractivity contribution in [3.8, 4) is 0 Å². The quantitative estimate of drug-likeness (QED) is 0.689. The fourth-order valence-electron chi connectivity index (χ4n) is 0.910. The maximum Gasteiger partial charge on any atom is 0.327 e. The largest absolute Gasteiger partial charge is 0.478 e. The summed E-state index contributed by atoms with van der Waals surface area (Å²) in [5.41, 5.74) is 1.12. The standard InChI is InChI=1S/C10H10O2/c11-10(12)8-4-7-9-5-2-1-3-6-9/h1-6,8H,7H2,(H,11,12)/b8-4-. The highest BCUT2D eigenvalue weighted by molar-refractivity contribution is 5.79. The van der Waals surface area contributed by atoms with E-state index in [1.807, 2.05) is 30.3 Å². The minimum atomic E-state index is -0.897. The third kappa shape index (κ3) is 3.01. The molecule has 1 rings (SSSR count). The summed E-state index contributed by atoms with van der Waals surface area (Å²) in [4.78, 5) is 10.1. The van der Waals surface area contributed by atoms with Crippen LogP contribution in [0.4, 0.5) is 0 Å². The molecule has 0 amide bonds. The van der Waals surface area contributed by atoms with Crippen LogP contribution in [-0.4, -0.2) is 11.1 Å². The van der Waals surface area contributed by atoms with Crippen molar-refractivity contribution in [1.29, 1.82) is 0 Å². The molecule has 0 bridgehead atoms. The normalized spacial score (nSPS) is 10.3. The first-order valence-electron chi connectivity index (χ1n) is 3.72. The summed E-state index contributed by atoms with van der Waals surface area (Å²) in [5, 5.41) is 8.30. The van der Waals surface area contributed by atoms with Crippen LogP contribution in [0.3, 0.4) is 0 Å². The Hall–Kier alpha value is -1.57. The van der Waals surface area contributed by atoms with Crippen LogP contribution in [0.25, 0.3) is 0 Å². The zero-order chi connectivity index (χ0) is 8.81. The zero-order valence-electron chi connectivity index (χ0n) is 6.60. The number of aliphatic carboxylic acids is 1. The van der Waals surface area contributed by atoms with Crippen LogP contribution in [0, 0.1) is 0 Å². The van der Waals surface area contributed by atoms with Gasteiger partial charge >= 0.3 is 5.97 Å². The summed E-state index contributed by atoms with van der Waals surface area (Å²) in [5.74, 6) is -0.897. The van der Waals surface area contributed by atoms with E-state index in [4.69, 9.17) is 5.11 Å². The third-order valence-corrected chi connectivity index (χ3v) is 1.46. The zero-order valence-corrected chi connectivity index (χ0v) is 6.60. The van der Waals surface area contributed by atoms with E-state index < -0.39 is 5.97 Å². The summed E-state index contributed by atoms with van der Waals surface area (Å²) >= 11 is 0. The van der Waals surface area contributed by atoms with Crippen LogP contribution >= 0.6 is 0 Å². The lowest BCUT2D eigenvalue weighted by atomic mass is 10.1. The van der Waals surface area contributed by atoms with Gasteiger partial charge in [-0.05, 0) is 12.0 Å². The van der Waals surface area contributed by atoms with Gasteiger partial charge in [-0.3, -0.25) is 0 Å². The van der Waals surface area contributed by atoms with Crippen molar-refractivity contribution in [1.82, 2.24) is 0 Å². The van der Waals surface area contributed by atoms with Gasteiger partial charge in [0, 0.05) is 6.08 Å². The van der Waals surface area contributed by atoms with E-state index in [1.54, 1.807) is 6.08 Å². The fraction of sp³-hybridized carbons (Fsp3) is 0.100. The molecule has 0 aliphatic carbocycles. The van der Waals surface area contributed by atoms with E-state index in [1.165, 1.54) is 0 Å². The molecule has 2 nitrogen and oxygen atoms in total. The number of allylic oxidation sites excluding steroid dienone is 1. The molecule has 0 aromatic heterocycles. The van der Waals surface area contributed by atoms with Crippen LogP contribution in [0.15, 0.2) is 42.5 Å². The van der Waals surface area contributed by atoms with Crippen molar-refractivity contribution in [2.24, 2.45) is 0 Å². The van der Waals surface area contributed by atoms with E-state index in [-0.39, 0.29) is 0 Å². The van der Waals surface area contributed by atoms with E-state index in [0.717, 1.165) is 11.6 Å². The van der Waals surface area contributed by atoms with Gasteiger partial charge in [0.25, 0.3) is 0 Å². The Labute approximate surface area is 71.2 Å². The highest BCUT2D eigenvalue weighted by Crippen LogP contribution is 1.99. The number of hydrogen-bond donors (Lipinski definition) is 1. The van der Waals surface area contributed by atoms with Crippen LogP contribution in [0.1, 0.15) is 5.56 Å². The topological polar surface area (TPSA) is 37.3 Å². The molecule has 0 fully saturated rings. The second kappa shape index (κ2) is 4.34. The highest BCUT2D eigenvalue weighted by Gasteiger charge is 1.87. The van der Waals surface area contributed by atoms with Gasteiger partial charge in [0.1, 0.15) is 0 Å². The van der Waals surface area contributed by atoms with Crippen molar-refractivity contribution in [3.05, 3.63) is 48.0 Å². The highest BCUT2D eigenvalue weighted by atomic mass is 16.4. The Bertz CT molecular complexity index is 275. The van der Waals surface area contributed by atoms with Gasteiger partial charge in [-0.15, -0.1) is 0 Å².